The van der Waals surface area contributed by atoms with E-state index in [0.717, 1.165) is 21.4 Å². The van der Waals surface area contributed by atoms with Gasteiger partial charge in [-0.05, 0) is 30.7 Å². The Hall–Kier alpha value is -2.71. The van der Waals surface area contributed by atoms with Crippen molar-refractivity contribution in [3.63, 3.8) is 0 Å². The van der Waals surface area contributed by atoms with Gasteiger partial charge >= 0.3 is 0 Å². The molecule has 0 spiro atoms. The van der Waals surface area contributed by atoms with Crippen LogP contribution < -0.4 is 5.43 Å². The van der Waals surface area contributed by atoms with Crippen molar-refractivity contribution in [1.82, 2.24) is 20.2 Å². The largest absolute Gasteiger partial charge is 0.305 e. The van der Waals surface area contributed by atoms with Crippen LogP contribution in [0, 0.1) is 0 Å². The molecular formula is C21H20BrN5OS. The molecule has 1 amide bonds. The number of allylic oxidation sites excluding steroid dienone is 1. The van der Waals surface area contributed by atoms with E-state index in [1.54, 1.807) is 0 Å². The summed E-state index contributed by atoms with van der Waals surface area (Å²) in [6.45, 7) is 1.83. The molecule has 0 bridgehead atoms. The molecule has 148 valence electrons. The lowest BCUT2D eigenvalue weighted by atomic mass is 10.2. The second-order valence-electron chi connectivity index (χ2n) is 6.19. The maximum Gasteiger partial charge on any atom is 0.250 e. The molecule has 3 aromatic rings. The number of carbonyl (C=O) groups excluding carboxylic acids is 1. The van der Waals surface area contributed by atoms with Gasteiger partial charge in [0.05, 0.1) is 11.5 Å². The van der Waals surface area contributed by atoms with Gasteiger partial charge in [-0.2, -0.15) is 5.10 Å². The molecule has 0 aliphatic rings. The highest BCUT2D eigenvalue weighted by molar-refractivity contribution is 9.10. The molecule has 3 rings (SSSR count). The van der Waals surface area contributed by atoms with E-state index in [4.69, 9.17) is 0 Å². The predicted molar refractivity (Wildman–Crippen MR) is 122 cm³/mol. The summed E-state index contributed by atoms with van der Waals surface area (Å²) in [5, 5.41) is 13.2. The number of benzene rings is 2. The lowest BCUT2D eigenvalue weighted by Crippen LogP contribution is -2.20. The first-order valence-corrected chi connectivity index (χ1v) is 10.6. The van der Waals surface area contributed by atoms with Crippen molar-refractivity contribution in [3.05, 3.63) is 70.7 Å². The van der Waals surface area contributed by atoms with Crippen LogP contribution in [0.4, 0.5) is 0 Å². The van der Waals surface area contributed by atoms with Gasteiger partial charge in [0, 0.05) is 17.1 Å². The van der Waals surface area contributed by atoms with E-state index < -0.39 is 0 Å². The molecule has 0 aliphatic heterocycles. The van der Waals surface area contributed by atoms with E-state index in [1.165, 1.54) is 11.8 Å². The number of halogens is 1. The SMILES string of the molecule is CC(/C=C/c1ccccc1)=N\NC(=O)CSc1nnc(-c2ccc(Br)cc2)n1C. The van der Waals surface area contributed by atoms with Crippen molar-refractivity contribution in [3.8, 4) is 11.4 Å². The number of thioether (sulfide) groups is 1. The first-order chi connectivity index (χ1) is 14.0. The molecule has 0 fully saturated rings. The quantitative estimate of drug-likeness (QED) is 0.313. The minimum atomic E-state index is -0.198. The highest BCUT2D eigenvalue weighted by Gasteiger charge is 2.12. The van der Waals surface area contributed by atoms with Crippen molar-refractivity contribution >= 4 is 45.4 Å². The van der Waals surface area contributed by atoms with Crippen molar-refractivity contribution in [2.24, 2.45) is 12.1 Å². The summed E-state index contributed by atoms with van der Waals surface area (Å²) in [6, 6.07) is 17.8. The van der Waals surface area contributed by atoms with Gasteiger partial charge in [0.25, 0.3) is 5.91 Å². The fourth-order valence-corrected chi connectivity index (χ4v) is 3.39. The number of nitrogens with one attached hydrogen (secondary N) is 1. The third-order valence-corrected chi connectivity index (χ3v) is 5.49. The smallest absolute Gasteiger partial charge is 0.250 e. The van der Waals surface area contributed by atoms with E-state index in [1.807, 2.05) is 85.3 Å². The summed E-state index contributed by atoms with van der Waals surface area (Å²) >= 11 is 4.74. The molecule has 1 heterocycles. The molecule has 8 heteroatoms. The fraction of sp³-hybridized carbons (Fsp3) is 0.143. The van der Waals surface area contributed by atoms with Crippen LogP contribution in [0.25, 0.3) is 17.5 Å². The second-order valence-corrected chi connectivity index (χ2v) is 8.05. The summed E-state index contributed by atoms with van der Waals surface area (Å²) in [4.78, 5) is 12.1. The Morgan fingerprint density at radius 3 is 2.62 bits per heavy atom. The minimum Gasteiger partial charge on any atom is -0.305 e. The topological polar surface area (TPSA) is 72.2 Å². The molecule has 0 unspecified atom stereocenters. The number of nitrogens with zero attached hydrogens (tertiary/aromatic N) is 4. The zero-order chi connectivity index (χ0) is 20.6. The highest BCUT2D eigenvalue weighted by Crippen LogP contribution is 2.23. The first-order valence-electron chi connectivity index (χ1n) is 8.87. The van der Waals surface area contributed by atoms with Crippen LogP contribution in [0.5, 0.6) is 0 Å². The van der Waals surface area contributed by atoms with Crippen molar-refractivity contribution in [1.29, 1.82) is 0 Å². The number of aromatic nitrogens is 3. The first kappa shape index (κ1) is 21.0. The lowest BCUT2D eigenvalue weighted by Gasteiger charge is -2.04. The molecular weight excluding hydrogens is 450 g/mol. The molecule has 0 saturated heterocycles. The van der Waals surface area contributed by atoms with Crippen molar-refractivity contribution in [2.75, 3.05) is 5.75 Å². The number of hydrogen-bond acceptors (Lipinski definition) is 5. The van der Waals surface area contributed by atoms with Gasteiger partial charge in [-0.1, -0.05) is 76.2 Å². The molecule has 6 nitrogen and oxygen atoms in total. The molecule has 0 atom stereocenters. The predicted octanol–water partition coefficient (Wildman–Crippen LogP) is 4.54. The maximum absolute atomic E-state index is 12.1. The van der Waals surface area contributed by atoms with E-state index in [2.05, 4.69) is 36.7 Å². The van der Waals surface area contributed by atoms with Crippen LogP contribution in [0.2, 0.25) is 0 Å². The Bertz CT molecular complexity index is 1030. The Balaban J connectivity index is 1.53. The number of rotatable bonds is 7. The summed E-state index contributed by atoms with van der Waals surface area (Å²) in [5.74, 6) is 0.752. The van der Waals surface area contributed by atoms with Gasteiger partial charge in [-0.3, -0.25) is 4.79 Å². The number of amides is 1. The van der Waals surface area contributed by atoms with Gasteiger partial charge in [0.15, 0.2) is 11.0 Å². The summed E-state index contributed by atoms with van der Waals surface area (Å²) in [7, 11) is 1.88. The molecule has 1 N–H and O–H groups in total. The Morgan fingerprint density at radius 2 is 1.90 bits per heavy atom. The molecule has 2 aromatic carbocycles. The Kier molecular flexibility index (Phi) is 7.37. The Labute approximate surface area is 182 Å². The van der Waals surface area contributed by atoms with Crippen LogP contribution in [0.1, 0.15) is 12.5 Å². The van der Waals surface area contributed by atoms with Gasteiger partial charge in [-0.15, -0.1) is 10.2 Å². The molecule has 0 saturated carbocycles. The summed E-state index contributed by atoms with van der Waals surface area (Å²) in [6.07, 6.45) is 3.80. The third kappa shape index (κ3) is 6.13. The third-order valence-electron chi connectivity index (χ3n) is 3.94. The van der Waals surface area contributed by atoms with Crippen molar-refractivity contribution in [2.45, 2.75) is 12.1 Å². The van der Waals surface area contributed by atoms with E-state index in [9.17, 15) is 4.79 Å². The normalized spacial score (nSPS) is 11.8. The van der Waals surface area contributed by atoms with E-state index in [0.29, 0.717) is 10.9 Å². The highest BCUT2D eigenvalue weighted by atomic mass is 79.9. The van der Waals surface area contributed by atoms with Crippen LogP contribution in [0.3, 0.4) is 0 Å². The van der Waals surface area contributed by atoms with Crippen LogP contribution in [0.15, 0.2) is 75.4 Å². The number of hydrogen-bond donors (Lipinski definition) is 1. The van der Waals surface area contributed by atoms with Gasteiger partial charge in [-0.25, -0.2) is 5.43 Å². The Morgan fingerprint density at radius 1 is 1.17 bits per heavy atom. The number of carbonyl (C=O) groups is 1. The second kappa shape index (κ2) is 10.2. The average molecular weight is 470 g/mol. The molecule has 29 heavy (non-hydrogen) atoms. The van der Waals surface area contributed by atoms with E-state index in [-0.39, 0.29) is 11.7 Å². The van der Waals surface area contributed by atoms with Crippen LogP contribution in [-0.2, 0) is 11.8 Å². The van der Waals surface area contributed by atoms with Crippen molar-refractivity contribution < 1.29 is 4.79 Å². The zero-order valence-electron chi connectivity index (χ0n) is 16.0. The van der Waals surface area contributed by atoms with Gasteiger partial charge in [0.2, 0.25) is 0 Å². The standard InChI is InChI=1S/C21H20BrN5OS/c1-15(8-9-16-6-4-3-5-7-16)23-24-19(28)14-29-21-26-25-20(27(21)2)17-10-12-18(22)13-11-17/h3-13H,14H2,1-2H3,(H,24,28)/b9-8+,23-15+. The summed E-state index contributed by atoms with van der Waals surface area (Å²) < 4.78 is 2.88. The monoisotopic (exact) mass is 469 g/mol. The van der Waals surface area contributed by atoms with Gasteiger partial charge in [0.1, 0.15) is 0 Å². The maximum atomic E-state index is 12.1. The minimum absolute atomic E-state index is 0.198. The lowest BCUT2D eigenvalue weighted by molar-refractivity contribution is -0.118. The number of hydrazone groups is 1. The zero-order valence-corrected chi connectivity index (χ0v) is 18.4. The molecule has 1 aromatic heterocycles. The average Bonchev–Trinajstić information content (AvgIpc) is 3.11. The van der Waals surface area contributed by atoms with Gasteiger partial charge < -0.3 is 4.57 Å². The molecule has 0 radical (unpaired) electrons. The fourth-order valence-electron chi connectivity index (χ4n) is 2.42. The van der Waals surface area contributed by atoms with Crippen LogP contribution >= 0.6 is 27.7 Å². The van der Waals surface area contributed by atoms with Crippen LogP contribution in [-0.4, -0.2) is 32.1 Å². The van der Waals surface area contributed by atoms with E-state index >= 15 is 0 Å². The molecule has 0 aliphatic carbocycles. The summed E-state index contributed by atoms with van der Waals surface area (Å²) in [5.41, 5.74) is 5.32.